The minimum Gasteiger partial charge on any atom is -0.265 e. The zero-order valence-corrected chi connectivity index (χ0v) is 12.0. The second-order valence-corrected chi connectivity index (χ2v) is 5.51. The van der Waals surface area contributed by atoms with E-state index in [2.05, 4.69) is 4.98 Å². The van der Waals surface area contributed by atoms with E-state index in [0.717, 1.165) is 16.9 Å². The number of alkyl halides is 1. The van der Waals surface area contributed by atoms with E-state index in [1.54, 1.807) is 17.1 Å². The Bertz CT molecular complexity index is 560. The van der Waals surface area contributed by atoms with E-state index in [-0.39, 0.29) is 0 Å². The van der Waals surface area contributed by atoms with Crippen LogP contribution < -0.4 is 0 Å². The van der Waals surface area contributed by atoms with Crippen LogP contribution in [0.1, 0.15) is 42.9 Å². The van der Waals surface area contributed by atoms with Crippen molar-refractivity contribution < 1.29 is 0 Å². The van der Waals surface area contributed by atoms with E-state index in [1.807, 2.05) is 12.1 Å². The summed E-state index contributed by atoms with van der Waals surface area (Å²) >= 11 is 12.5. The molecule has 0 N–H and O–H groups in total. The molecule has 100 valence electrons. The Kier molecular flexibility index (Phi) is 3.76. The molecule has 0 aliphatic heterocycles. The Morgan fingerprint density at radius 3 is 2.53 bits per heavy atom. The second-order valence-electron chi connectivity index (χ2n) is 4.89. The molecule has 3 nitrogen and oxygen atoms in total. The van der Waals surface area contributed by atoms with Gasteiger partial charge in [0.25, 0.3) is 0 Å². The van der Waals surface area contributed by atoms with Gasteiger partial charge in [-0.25, -0.2) is 4.68 Å². The van der Waals surface area contributed by atoms with Gasteiger partial charge in [0.2, 0.25) is 0 Å². The monoisotopic (exact) mass is 295 g/mol. The molecule has 0 unspecified atom stereocenters. The number of nitrogens with zero attached hydrogens (tertiary/aromatic N) is 3. The topological polar surface area (TPSA) is 30.7 Å². The van der Waals surface area contributed by atoms with Crippen LogP contribution in [0.4, 0.5) is 0 Å². The highest BCUT2D eigenvalue weighted by molar-refractivity contribution is 6.31. The molecule has 2 aromatic heterocycles. The first kappa shape index (κ1) is 12.9. The quantitative estimate of drug-likeness (QED) is 0.790. The second kappa shape index (κ2) is 5.51. The molecule has 0 saturated heterocycles. The molecular weight excluding hydrogens is 281 g/mol. The molecule has 0 bridgehead atoms. The molecule has 0 radical (unpaired) electrons. The molecule has 1 saturated carbocycles. The fourth-order valence-corrected chi connectivity index (χ4v) is 3.38. The first-order valence-corrected chi connectivity index (χ1v) is 7.46. The van der Waals surface area contributed by atoms with Crippen LogP contribution in [0.2, 0.25) is 5.15 Å². The summed E-state index contributed by atoms with van der Waals surface area (Å²) in [7, 11) is 0. The molecule has 0 atom stereocenters. The van der Waals surface area contributed by atoms with Gasteiger partial charge in [-0.2, -0.15) is 5.10 Å². The lowest BCUT2D eigenvalue weighted by Crippen LogP contribution is -2.00. The maximum absolute atomic E-state index is 6.44. The number of hydrogen-bond acceptors (Lipinski definition) is 2. The number of halogens is 2. The SMILES string of the molecule is ClCc1c(C2CCCC2)nn(-c2ccncc2)c1Cl. The van der Waals surface area contributed by atoms with E-state index in [4.69, 9.17) is 28.3 Å². The summed E-state index contributed by atoms with van der Waals surface area (Å²) in [6.45, 7) is 0. The summed E-state index contributed by atoms with van der Waals surface area (Å²) < 4.78 is 1.77. The third-order valence-electron chi connectivity index (χ3n) is 3.73. The summed E-state index contributed by atoms with van der Waals surface area (Å²) in [5, 5.41) is 5.33. The van der Waals surface area contributed by atoms with Crippen molar-refractivity contribution in [3.05, 3.63) is 40.9 Å². The normalized spacial score (nSPS) is 16.1. The van der Waals surface area contributed by atoms with Crippen LogP contribution in [-0.2, 0) is 5.88 Å². The average molecular weight is 296 g/mol. The number of pyridine rings is 1. The maximum Gasteiger partial charge on any atom is 0.137 e. The van der Waals surface area contributed by atoms with Gasteiger partial charge >= 0.3 is 0 Å². The van der Waals surface area contributed by atoms with Crippen molar-refractivity contribution >= 4 is 23.2 Å². The summed E-state index contributed by atoms with van der Waals surface area (Å²) in [4.78, 5) is 4.02. The zero-order valence-electron chi connectivity index (χ0n) is 10.5. The van der Waals surface area contributed by atoms with Crippen molar-refractivity contribution in [2.75, 3.05) is 0 Å². The van der Waals surface area contributed by atoms with Crippen molar-refractivity contribution in [3.63, 3.8) is 0 Å². The standard InChI is InChI=1S/C14H15Cl2N3/c15-9-12-13(10-3-1-2-4-10)18-19(14(12)16)11-5-7-17-8-6-11/h5-8,10H,1-4,9H2. The molecule has 5 heteroatoms. The zero-order chi connectivity index (χ0) is 13.2. The molecule has 0 aromatic carbocycles. The van der Waals surface area contributed by atoms with Gasteiger partial charge in [0, 0.05) is 23.9 Å². The molecule has 19 heavy (non-hydrogen) atoms. The van der Waals surface area contributed by atoms with Crippen LogP contribution in [0.5, 0.6) is 0 Å². The summed E-state index contributed by atoms with van der Waals surface area (Å²) in [5.74, 6) is 0.921. The van der Waals surface area contributed by atoms with Crippen molar-refractivity contribution in [2.45, 2.75) is 37.5 Å². The minimum absolute atomic E-state index is 0.412. The van der Waals surface area contributed by atoms with E-state index < -0.39 is 0 Å². The van der Waals surface area contributed by atoms with Gasteiger partial charge in [-0.3, -0.25) is 4.98 Å². The van der Waals surface area contributed by atoms with Gasteiger partial charge in [-0.1, -0.05) is 24.4 Å². The van der Waals surface area contributed by atoms with Gasteiger partial charge in [0.15, 0.2) is 0 Å². The number of aromatic nitrogens is 3. The molecule has 0 spiro atoms. The van der Waals surface area contributed by atoms with Crippen molar-refractivity contribution in [1.82, 2.24) is 14.8 Å². The lowest BCUT2D eigenvalue weighted by atomic mass is 10.0. The van der Waals surface area contributed by atoms with E-state index in [1.165, 1.54) is 25.7 Å². The predicted octanol–water partition coefficient (Wildman–Crippen LogP) is 4.32. The van der Waals surface area contributed by atoms with Crippen molar-refractivity contribution in [3.8, 4) is 5.69 Å². The highest BCUT2D eigenvalue weighted by atomic mass is 35.5. The van der Waals surface area contributed by atoms with Gasteiger partial charge in [-0.05, 0) is 25.0 Å². The third-order valence-corrected chi connectivity index (χ3v) is 4.39. The maximum atomic E-state index is 6.44. The predicted molar refractivity (Wildman–Crippen MR) is 77.1 cm³/mol. The van der Waals surface area contributed by atoms with Crippen LogP contribution in [0, 0.1) is 0 Å². The summed E-state index contributed by atoms with van der Waals surface area (Å²) in [6, 6.07) is 3.80. The number of hydrogen-bond donors (Lipinski definition) is 0. The van der Waals surface area contributed by atoms with Crippen molar-refractivity contribution in [2.24, 2.45) is 0 Å². The smallest absolute Gasteiger partial charge is 0.137 e. The first-order valence-electron chi connectivity index (χ1n) is 6.55. The molecule has 3 rings (SSSR count). The molecule has 2 aromatic rings. The Morgan fingerprint density at radius 1 is 1.21 bits per heavy atom. The summed E-state index contributed by atoms with van der Waals surface area (Å²) in [5.41, 5.74) is 2.98. The lowest BCUT2D eigenvalue weighted by molar-refractivity contribution is 0.675. The highest BCUT2D eigenvalue weighted by Gasteiger charge is 2.26. The Balaban J connectivity index is 2.07. The van der Waals surface area contributed by atoms with Crippen LogP contribution in [0.3, 0.4) is 0 Å². The van der Waals surface area contributed by atoms with Crippen LogP contribution in [0.25, 0.3) is 5.69 Å². The summed E-state index contributed by atoms with van der Waals surface area (Å²) in [6.07, 6.45) is 8.39. The largest absolute Gasteiger partial charge is 0.265 e. The van der Waals surface area contributed by atoms with Gasteiger partial charge in [0.1, 0.15) is 5.15 Å². The van der Waals surface area contributed by atoms with Gasteiger partial charge in [0.05, 0.1) is 17.3 Å². The van der Waals surface area contributed by atoms with Crippen molar-refractivity contribution in [1.29, 1.82) is 0 Å². The first-order chi connectivity index (χ1) is 9.31. The minimum atomic E-state index is 0.412. The number of rotatable bonds is 3. The van der Waals surface area contributed by atoms with Gasteiger partial charge < -0.3 is 0 Å². The Hall–Kier alpha value is -1.06. The van der Waals surface area contributed by atoms with Crippen LogP contribution in [-0.4, -0.2) is 14.8 Å². The average Bonchev–Trinajstić information content (AvgIpc) is 3.07. The van der Waals surface area contributed by atoms with Crippen LogP contribution in [0.15, 0.2) is 24.5 Å². The molecule has 1 aliphatic carbocycles. The lowest BCUT2D eigenvalue weighted by Gasteiger charge is -2.06. The third kappa shape index (κ3) is 2.37. The van der Waals surface area contributed by atoms with E-state index in [9.17, 15) is 0 Å². The molecule has 1 fully saturated rings. The van der Waals surface area contributed by atoms with Gasteiger partial charge in [-0.15, -0.1) is 11.6 Å². The van der Waals surface area contributed by atoms with Crippen LogP contribution >= 0.6 is 23.2 Å². The fraction of sp³-hybridized carbons (Fsp3) is 0.429. The molecule has 0 amide bonds. The van der Waals surface area contributed by atoms with E-state index >= 15 is 0 Å². The Labute approximate surface area is 122 Å². The van der Waals surface area contributed by atoms with E-state index in [0.29, 0.717) is 17.0 Å². The Morgan fingerprint density at radius 2 is 1.89 bits per heavy atom. The fourth-order valence-electron chi connectivity index (χ4n) is 2.75. The molecule has 2 heterocycles. The highest BCUT2D eigenvalue weighted by Crippen LogP contribution is 2.38. The molecule has 1 aliphatic rings. The molecular formula is C14H15Cl2N3.